The van der Waals surface area contributed by atoms with Gasteiger partial charge in [0.2, 0.25) is 0 Å². The van der Waals surface area contributed by atoms with E-state index in [9.17, 15) is 5.26 Å². The molecule has 0 radical (unpaired) electrons. The van der Waals surface area contributed by atoms with Crippen LogP contribution in [0.5, 0.6) is 0 Å². The van der Waals surface area contributed by atoms with Gasteiger partial charge >= 0.3 is 0 Å². The van der Waals surface area contributed by atoms with E-state index in [0.717, 1.165) is 43.2 Å². The molecule has 2 aromatic rings. The molecule has 0 unspecified atom stereocenters. The minimum atomic E-state index is 0.756. The van der Waals surface area contributed by atoms with Gasteiger partial charge in [-0.1, -0.05) is 12.1 Å². The first-order valence-corrected chi connectivity index (χ1v) is 7.19. The summed E-state index contributed by atoms with van der Waals surface area (Å²) < 4.78 is 0. The van der Waals surface area contributed by atoms with E-state index >= 15 is 0 Å². The maximum absolute atomic E-state index is 9.27. The van der Waals surface area contributed by atoms with E-state index in [1.54, 1.807) is 0 Å². The summed E-state index contributed by atoms with van der Waals surface area (Å²) in [6.07, 6.45) is 1.83. The van der Waals surface area contributed by atoms with E-state index in [2.05, 4.69) is 33.8 Å². The van der Waals surface area contributed by atoms with Crippen LogP contribution >= 0.6 is 0 Å². The third kappa shape index (κ3) is 2.82. The van der Waals surface area contributed by atoms with E-state index in [1.165, 1.54) is 5.56 Å². The molecule has 0 amide bonds. The summed E-state index contributed by atoms with van der Waals surface area (Å²) in [7, 11) is 0. The first kappa shape index (κ1) is 13.4. The number of rotatable bonds is 2. The summed E-state index contributed by atoms with van der Waals surface area (Å²) >= 11 is 0. The second-order valence-electron chi connectivity index (χ2n) is 5.29. The van der Waals surface area contributed by atoms with Crippen molar-refractivity contribution >= 4 is 11.5 Å². The van der Waals surface area contributed by atoms with Crippen molar-refractivity contribution in [3.8, 4) is 6.07 Å². The van der Waals surface area contributed by atoms with Crippen LogP contribution in [0.15, 0.2) is 42.6 Å². The lowest BCUT2D eigenvalue weighted by Gasteiger charge is -2.37. The summed E-state index contributed by atoms with van der Waals surface area (Å²) in [6, 6.07) is 14.3. The number of piperazine rings is 1. The molecule has 21 heavy (non-hydrogen) atoms. The van der Waals surface area contributed by atoms with Gasteiger partial charge in [-0.3, -0.25) is 0 Å². The fourth-order valence-electron chi connectivity index (χ4n) is 2.72. The number of nitriles is 1. The second-order valence-corrected chi connectivity index (χ2v) is 5.29. The Labute approximate surface area is 125 Å². The molecule has 3 rings (SSSR count). The third-order valence-corrected chi connectivity index (χ3v) is 3.87. The minimum absolute atomic E-state index is 0.756. The van der Waals surface area contributed by atoms with Crippen LogP contribution in [0.2, 0.25) is 0 Å². The lowest BCUT2D eigenvalue weighted by atomic mass is 10.1. The van der Waals surface area contributed by atoms with E-state index in [0.29, 0.717) is 0 Å². The molecular weight excluding hydrogens is 260 g/mol. The number of anilines is 2. The van der Waals surface area contributed by atoms with E-state index in [-0.39, 0.29) is 0 Å². The Bertz CT molecular complexity index is 652. The predicted octanol–water partition coefficient (Wildman–Crippen LogP) is 2.59. The van der Waals surface area contributed by atoms with Crippen LogP contribution in [0.4, 0.5) is 11.5 Å². The average molecular weight is 278 g/mol. The number of hydrogen-bond donors (Lipinski definition) is 0. The van der Waals surface area contributed by atoms with Crippen molar-refractivity contribution in [2.75, 3.05) is 36.0 Å². The number of aryl methyl sites for hydroxylation is 1. The molecule has 0 bridgehead atoms. The van der Waals surface area contributed by atoms with Crippen LogP contribution in [-0.4, -0.2) is 31.2 Å². The van der Waals surface area contributed by atoms with Crippen LogP contribution in [0.3, 0.4) is 0 Å². The van der Waals surface area contributed by atoms with Gasteiger partial charge in [-0.2, -0.15) is 5.26 Å². The van der Waals surface area contributed by atoms with Crippen molar-refractivity contribution in [2.45, 2.75) is 6.92 Å². The van der Waals surface area contributed by atoms with Crippen molar-refractivity contribution in [3.63, 3.8) is 0 Å². The van der Waals surface area contributed by atoms with Gasteiger partial charge in [-0.25, -0.2) is 4.98 Å². The Balaban J connectivity index is 1.75. The molecule has 4 heteroatoms. The summed E-state index contributed by atoms with van der Waals surface area (Å²) in [4.78, 5) is 8.99. The highest BCUT2D eigenvalue weighted by atomic mass is 15.3. The molecule has 1 aromatic carbocycles. The quantitative estimate of drug-likeness (QED) is 0.847. The smallest absolute Gasteiger partial charge is 0.128 e. The fraction of sp³-hybridized carbons (Fsp3) is 0.294. The Morgan fingerprint density at radius 2 is 1.81 bits per heavy atom. The van der Waals surface area contributed by atoms with Crippen LogP contribution in [-0.2, 0) is 0 Å². The standard InChI is InChI=1S/C17H18N4/c1-14-5-6-15(13-18)16(12-14)20-8-10-21(11-9-20)17-4-2-3-7-19-17/h2-7,12H,8-11H2,1H3. The monoisotopic (exact) mass is 278 g/mol. The lowest BCUT2D eigenvalue weighted by Crippen LogP contribution is -2.47. The molecule has 106 valence electrons. The van der Waals surface area contributed by atoms with Crippen LogP contribution in [0.25, 0.3) is 0 Å². The number of aromatic nitrogens is 1. The highest BCUT2D eigenvalue weighted by Gasteiger charge is 2.20. The van der Waals surface area contributed by atoms with Gasteiger partial charge in [0.05, 0.1) is 11.3 Å². The maximum Gasteiger partial charge on any atom is 0.128 e. The minimum Gasteiger partial charge on any atom is -0.367 e. The zero-order valence-electron chi connectivity index (χ0n) is 12.2. The van der Waals surface area contributed by atoms with Gasteiger partial charge in [-0.15, -0.1) is 0 Å². The molecule has 1 saturated heterocycles. The molecule has 0 atom stereocenters. The number of pyridine rings is 1. The Kier molecular flexibility index (Phi) is 3.74. The fourth-order valence-corrected chi connectivity index (χ4v) is 2.72. The molecule has 4 nitrogen and oxygen atoms in total. The first-order valence-electron chi connectivity index (χ1n) is 7.19. The summed E-state index contributed by atoms with van der Waals surface area (Å²) in [5, 5.41) is 9.27. The molecular formula is C17H18N4. The first-order chi connectivity index (χ1) is 10.3. The van der Waals surface area contributed by atoms with Gasteiger partial charge in [0.1, 0.15) is 11.9 Å². The molecule has 0 spiro atoms. The van der Waals surface area contributed by atoms with E-state index in [1.807, 2.05) is 36.5 Å². The maximum atomic E-state index is 9.27. The van der Waals surface area contributed by atoms with Crippen molar-refractivity contribution in [3.05, 3.63) is 53.7 Å². The highest BCUT2D eigenvalue weighted by molar-refractivity contribution is 5.61. The number of benzene rings is 1. The lowest BCUT2D eigenvalue weighted by molar-refractivity contribution is 0.647. The molecule has 1 aliphatic rings. The van der Waals surface area contributed by atoms with Gasteiger partial charge in [-0.05, 0) is 36.8 Å². The molecule has 1 fully saturated rings. The zero-order chi connectivity index (χ0) is 14.7. The molecule has 0 saturated carbocycles. The summed E-state index contributed by atoms with van der Waals surface area (Å²) in [6.45, 7) is 5.74. The van der Waals surface area contributed by atoms with Crippen molar-refractivity contribution < 1.29 is 0 Å². The van der Waals surface area contributed by atoms with Crippen molar-refractivity contribution in [1.82, 2.24) is 4.98 Å². The van der Waals surface area contributed by atoms with Gasteiger partial charge in [0.25, 0.3) is 0 Å². The average Bonchev–Trinajstić information content (AvgIpc) is 2.56. The molecule has 0 aliphatic carbocycles. The second kappa shape index (κ2) is 5.84. The van der Waals surface area contributed by atoms with E-state index in [4.69, 9.17) is 0 Å². The summed E-state index contributed by atoms with van der Waals surface area (Å²) in [5.41, 5.74) is 3.00. The molecule has 2 heterocycles. The Hall–Kier alpha value is -2.54. The molecule has 1 aliphatic heterocycles. The van der Waals surface area contributed by atoms with Crippen molar-refractivity contribution in [2.24, 2.45) is 0 Å². The largest absolute Gasteiger partial charge is 0.367 e. The van der Waals surface area contributed by atoms with Gasteiger partial charge in [0.15, 0.2) is 0 Å². The molecule has 0 N–H and O–H groups in total. The third-order valence-electron chi connectivity index (χ3n) is 3.87. The van der Waals surface area contributed by atoms with Crippen LogP contribution in [0, 0.1) is 18.3 Å². The number of hydrogen-bond acceptors (Lipinski definition) is 4. The SMILES string of the molecule is Cc1ccc(C#N)c(N2CCN(c3ccccn3)CC2)c1. The summed E-state index contributed by atoms with van der Waals surface area (Å²) in [5.74, 6) is 1.03. The van der Waals surface area contributed by atoms with Crippen LogP contribution < -0.4 is 9.80 Å². The van der Waals surface area contributed by atoms with Crippen molar-refractivity contribution in [1.29, 1.82) is 5.26 Å². The topological polar surface area (TPSA) is 43.2 Å². The van der Waals surface area contributed by atoms with Gasteiger partial charge in [0, 0.05) is 32.4 Å². The van der Waals surface area contributed by atoms with E-state index < -0.39 is 0 Å². The Morgan fingerprint density at radius 1 is 1.05 bits per heavy atom. The van der Waals surface area contributed by atoms with Gasteiger partial charge < -0.3 is 9.80 Å². The zero-order valence-corrected chi connectivity index (χ0v) is 12.2. The van der Waals surface area contributed by atoms with Crippen LogP contribution in [0.1, 0.15) is 11.1 Å². The Morgan fingerprint density at radius 3 is 2.48 bits per heavy atom. The predicted molar refractivity (Wildman–Crippen MR) is 84.6 cm³/mol. The molecule has 1 aromatic heterocycles. The normalized spacial score (nSPS) is 14.9. The number of nitrogens with zero attached hydrogens (tertiary/aromatic N) is 4. The highest BCUT2D eigenvalue weighted by Crippen LogP contribution is 2.24.